The number of rotatable bonds is 7. The zero-order chi connectivity index (χ0) is 34.2. The summed E-state index contributed by atoms with van der Waals surface area (Å²) >= 11 is 0. The fraction of sp³-hybridized carbons (Fsp3) is 0.200. The topological polar surface area (TPSA) is 99.5 Å². The number of aryl methyl sites for hydroxylation is 1. The van der Waals surface area contributed by atoms with Gasteiger partial charge in [0.25, 0.3) is 0 Å². The first-order valence-electron chi connectivity index (χ1n) is 15.8. The third-order valence-electron chi connectivity index (χ3n) is 8.18. The number of carbonyl (C=O) groups is 4. The lowest BCUT2D eigenvalue weighted by molar-refractivity contribution is -0.117. The summed E-state index contributed by atoms with van der Waals surface area (Å²) in [5, 5.41) is 0. The first-order chi connectivity index (χ1) is 23.1. The van der Waals surface area contributed by atoms with Crippen molar-refractivity contribution in [3.63, 3.8) is 0 Å². The molecule has 4 aromatic carbocycles. The van der Waals surface area contributed by atoms with Crippen molar-refractivity contribution in [2.75, 3.05) is 37.0 Å². The van der Waals surface area contributed by atoms with Gasteiger partial charge in [0.05, 0.1) is 22.8 Å². The van der Waals surface area contributed by atoms with Crippen LogP contribution in [0.1, 0.15) is 53.6 Å². The maximum absolute atomic E-state index is 12.3. The van der Waals surface area contributed by atoms with Crippen molar-refractivity contribution in [1.82, 2.24) is 0 Å². The Morgan fingerprint density at radius 3 is 1.69 bits per heavy atom. The van der Waals surface area contributed by atoms with Crippen LogP contribution in [0, 0.1) is 0 Å². The number of likely N-dealkylation sites (N-methyl/N-ethyl adjacent to an activating group) is 2. The summed E-state index contributed by atoms with van der Waals surface area (Å²) in [6.07, 6.45) is 4.47. The highest BCUT2D eigenvalue weighted by Gasteiger charge is 2.24. The smallest absolute Gasteiger partial charge is 0.248 e. The van der Waals surface area contributed by atoms with E-state index in [4.69, 9.17) is 0 Å². The molecule has 0 bridgehead atoms. The molecule has 242 valence electrons. The molecule has 0 N–H and O–H groups in total. The molecule has 0 fully saturated rings. The average molecular weight is 639 g/mol. The van der Waals surface area contributed by atoms with E-state index in [-0.39, 0.29) is 36.5 Å². The number of carbonyl (C=O) groups excluding carboxylic acids is 4. The minimum atomic E-state index is -0.0603. The third-order valence-corrected chi connectivity index (χ3v) is 8.18. The molecule has 0 saturated carbocycles. The summed E-state index contributed by atoms with van der Waals surface area (Å²) < 4.78 is 0. The van der Waals surface area contributed by atoms with Gasteiger partial charge in [0, 0.05) is 42.8 Å². The fourth-order valence-corrected chi connectivity index (χ4v) is 5.50. The van der Waals surface area contributed by atoms with Crippen molar-refractivity contribution in [3.8, 4) is 0 Å². The van der Waals surface area contributed by atoms with Gasteiger partial charge < -0.3 is 14.6 Å². The Morgan fingerprint density at radius 2 is 1.19 bits per heavy atom. The lowest BCUT2D eigenvalue weighted by Gasteiger charge is -2.19. The number of aliphatic imine (C=N–C) groups is 2. The second kappa shape index (κ2) is 15.2. The monoisotopic (exact) mass is 638 g/mol. The van der Waals surface area contributed by atoms with Crippen LogP contribution in [0.3, 0.4) is 0 Å². The Kier molecular flexibility index (Phi) is 10.7. The van der Waals surface area contributed by atoms with Gasteiger partial charge in [0.1, 0.15) is 18.9 Å². The second-order valence-electron chi connectivity index (χ2n) is 11.7. The molecule has 2 heterocycles. The molecule has 0 atom stereocenters. The quantitative estimate of drug-likeness (QED) is 0.228. The molecule has 0 aliphatic carbocycles. The molecule has 6 rings (SSSR count). The van der Waals surface area contributed by atoms with Crippen molar-refractivity contribution in [2.24, 2.45) is 9.98 Å². The minimum absolute atomic E-state index is 0.0130. The van der Waals surface area contributed by atoms with Gasteiger partial charge in [0.2, 0.25) is 11.8 Å². The van der Waals surface area contributed by atoms with Crippen LogP contribution >= 0.6 is 0 Å². The molecular formula is C40H38N4O4. The number of anilines is 2. The molecule has 0 radical (unpaired) electrons. The van der Waals surface area contributed by atoms with E-state index >= 15 is 0 Å². The second-order valence-corrected chi connectivity index (χ2v) is 11.7. The number of fused-ring (bicyclic) bond motifs is 2. The number of benzodiazepines with no additional fused rings is 2. The normalized spacial score (nSPS) is 14.2. The number of amides is 2. The highest BCUT2D eigenvalue weighted by molar-refractivity contribution is 6.20. The van der Waals surface area contributed by atoms with Gasteiger partial charge in [-0.25, -0.2) is 0 Å². The Labute approximate surface area is 281 Å². The van der Waals surface area contributed by atoms with E-state index in [1.165, 1.54) is 13.0 Å². The Bertz CT molecular complexity index is 1940. The number of benzene rings is 4. The maximum Gasteiger partial charge on any atom is 0.248 e. The molecule has 4 aromatic rings. The van der Waals surface area contributed by atoms with Crippen molar-refractivity contribution >= 4 is 52.3 Å². The van der Waals surface area contributed by atoms with Gasteiger partial charge in [0.15, 0.2) is 5.78 Å². The van der Waals surface area contributed by atoms with Crippen LogP contribution in [0.25, 0.3) is 6.08 Å². The van der Waals surface area contributed by atoms with Crippen LogP contribution in [-0.2, 0) is 25.6 Å². The minimum Gasteiger partial charge on any atom is -0.313 e. The molecule has 2 aliphatic heterocycles. The van der Waals surface area contributed by atoms with Crippen molar-refractivity contribution in [3.05, 3.63) is 137 Å². The van der Waals surface area contributed by atoms with Gasteiger partial charge in [-0.3, -0.25) is 24.4 Å². The number of Topliss-reactive ketones (excluding diaryl/α,β-unsaturated/α-hetero) is 1. The van der Waals surface area contributed by atoms with Crippen LogP contribution in [0.5, 0.6) is 0 Å². The highest BCUT2D eigenvalue weighted by atomic mass is 16.2. The van der Waals surface area contributed by atoms with Crippen LogP contribution in [-0.4, -0.2) is 62.0 Å². The number of allylic oxidation sites excluding steroid dienone is 1. The highest BCUT2D eigenvalue weighted by Crippen LogP contribution is 2.29. The molecule has 0 saturated heterocycles. The summed E-state index contributed by atoms with van der Waals surface area (Å²) in [6.45, 7) is 3.36. The molecule has 0 spiro atoms. The average Bonchev–Trinajstić information content (AvgIpc) is 3.30. The standard InChI is InChI=1S/C20H20N2O2.C20H18N2O2/c2*1-14(23)8-9-15-10-11-17-18(12-15)22(2)19(24)13-21-20(17)16-6-4-3-5-7-16/h3-7,10-12H,8-9,13H2,1-2H3;3-12H,13H2,1-2H3/b;9-8+. The van der Waals surface area contributed by atoms with Crippen LogP contribution in [0.4, 0.5) is 11.4 Å². The number of hydrogen-bond acceptors (Lipinski definition) is 6. The summed E-state index contributed by atoms with van der Waals surface area (Å²) in [7, 11) is 3.53. The van der Waals surface area contributed by atoms with Gasteiger partial charge in [-0.1, -0.05) is 91.0 Å². The van der Waals surface area contributed by atoms with Gasteiger partial charge in [-0.05, 0) is 49.6 Å². The number of nitrogens with zero attached hydrogens (tertiary/aromatic N) is 4. The summed E-state index contributed by atoms with van der Waals surface area (Å²) in [5.41, 5.74) is 9.05. The van der Waals surface area contributed by atoms with Crippen molar-refractivity contribution in [1.29, 1.82) is 0 Å². The van der Waals surface area contributed by atoms with Crippen molar-refractivity contribution in [2.45, 2.75) is 26.7 Å². The molecule has 2 aliphatic rings. The summed E-state index contributed by atoms with van der Waals surface area (Å²) in [6, 6.07) is 31.6. The molecular weight excluding hydrogens is 600 g/mol. The molecule has 8 heteroatoms. The zero-order valence-corrected chi connectivity index (χ0v) is 27.6. The Morgan fingerprint density at radius 1 is 0.688 bits per heavy atom. The number of hydrogen-bond donors (Lipinski definition) is 0. The SMILES string of the molecule is CC(=O)/C=C/c1ccc2c(c1)N(C)C(=O)CN=C2c1ccccc1.CC(=O)CCc1ccc2c(c1)N(C)C(=O)CN=C2c1ccccc1. The Hall–Kier alpha value is -5.76. The first kappa shape index (κ1) is 33.6. The fourth-order valence-electron chi connectivity index (χ4n) is 5.50. The predicted molar refractivity (Wildman–Crippen MR) is 192 cm³/mol. The number of ketones is 2. The van der Waals surface area contributed by atoms with Crippen LogP contribution < -0.4 is 9.80 Å². The zero-order valence-electron chi connectivity index (χ0n) is 27.6. The Balaban J connectivity index is 0.000000188. The van der Waals surface area contributed by atoms with E-state index in [1.54, 1.807) is 36.9 Å². The predicted octanol–water partition coefficient (Wildman–Crippen LogP) is 6.12. The van der Waals surface area contributed by atoms with E-state index in [1.807, 2.05) is 97.1 Å². The van der Waals surface area contributed by atoms with E-state index in [9.17, 15) is 19.2 Å². The largest absolute Gasteiger partial charge is 0.313 e. The summed E-state index contributed by atoms with van der Waals surface area (Å²) in [4.78, 5) is 59.3. The summed E-state index contributed by atoms with van der Waals surface area (Å²) in [5.74, 6) is 0.0580. The van der Waals surface area contributed by atoms with E-state index in [0.29, 0.717) is 12.8 Å². The van der Waals surface area contributed by atoms with E-state index in [2.05, 4.69) is 9.98 Å². The van der Waals surface area contributed by atoms with E-state index < -0.39 is 0 Å². The molecule has 8 nitrogen and oxygen atoms in total. The molecule has 48 heavy (non-hydrogen) atoms. The van der Waals surface area contributed by atoms with Gasteiger partial charge in [-0.2, -0.15) is 0 Å². The lowest BCUT2D eigenvalue weighted by Crippen LogP contribution is -2.28. The van der Waals surface area contributed by atoms with Crippen molar-refractivity contribution < 1.29 is 19.2 Å². The third kappa shape index (κ3) is 7.96. The molecule has 0 aromatic heterocycles. The molecule has 0 unspecified atom stereocenters. The van der Waals surface area contributed by atoms with Crippen LogP contribution in [0.15, 0.2) is 113 Å². The molecule has 2 amide bonds. The lowest BCUT2D eigenvalue weighted by atomic mass is 9.97. The van der Waals surface area contributed by atoms with Gasteiger partial charge in [-0.15, -0.1) is 0 Å². The van der Waals surface area contributed by atoms with Crippen LogP contribution in [0.2, 0.25) is 0 Å². The maximum atomic E-state index is 12.3. The van der Waals surface area contributed by atoms with E-state index in [0.717, 1.165) is 56.2 Å². The van der Waals surface area contributed by atoms with Gasteiger partial charge >= 0.3 is 0 Å². The first-order valence-corrected chi connectivity index (χ1v) is 15.8.